The molecular formula is C19H22ClN4O4+. The average Bonchev–Trinajstić information content (AvgIpc) is 3.13. The summed E-state index contributed by atoms with van der Waals surface area (Å²) in [4.78, 5) is 52.7. The van der Waals surface area contributed by atoms with Crippen LogP contribution in [0.1, 0.15) is 32.8 Å². The van der Waals surface area contributed by atoms with E-state index in [1.54, 1.807) is 44.3 Å². The number of benzene rings is 1. The molecule has 0 aromatic heterocycles. The van der Waals surface area contributed by atoms with E-state index in [0.717, 1.165) is 0 Å². The van der Waals surface area contributed by atoms with Crippen molar-refractivity contribution >= 4 is 40.9 Å². The second-order valence-electron chi connectivity index (χ2n) is 8.67. The second-order valence-corrected chi connectivity index (χ2v) is 9.08. The number of para-hydroxylation sites is 1. The number of nitrogens with zero attached hydrogens (tertiary/aromatic N) is 1. The number of nitrogens with two attached hydrogens (primary N) is 2. The molecular weight excluding hydrogens is 384 g/mol. The first kappa shape index (κ1) is 18.9. The first-order valence-corrected chi connectivity index (χ1v) is 9.50. The zero-order valence-corrected chi connectivity index (χ0v) is 16.5. The molecule has 2 saturated heterocycles. The van der Waals surface area contributed by atoms with Crippen LogP contribution in [0.25, 0.3) is 0 Å². The highest BCUT2D eigenvalue weighted by Crippen LogP contribution is 2.51. The second kappa shape index (κ2) is 5.78. The van der Waals surface area contributed by atoms with Gasteiger partial charge in [0.05, 0.1) is 17.1 Å². The van der Waals surface area contributed by atoms with Gasteiger partial charge in [0.1, 0.15) is 17.9 Å². The quantitative estimate of drug-likeness (QED) is 0.584. The summed E-state index contributed by atoms with van der Waals surface area (Å²) in [5, 5.41) is 4.80. The molecule has 0 radical (unpaired) electrons. The Morgan fingerprint density at radius 3 is 2.57 bits per heavy atom. The number of carbonyl (C=O) groups excluding carboxylic acids is 4. The van der Waals surface area contributed by atoms with E-state index in [1.165, 1.54) is 4.90 Å². The highest BCUT2D eigenvalue weighted by atomic mass is 35.5. The third-order valence-corrected chi connectivity index (χ3v) is 6.28. The van der Waals surface area contributed by atoms with Crippen molar-refractivity contribution in [1.82, 2.24) is 4.90 Å². The highest BCUT2D eigenvalue weighted by molar-refractivity contribution is 6.35. The van der Waals surface area contributed by atoms with Crippen molar-refractivity contribution in [2.75, 3.05) is 5.32 Å². The Bertz CT molecular complexity index is 940. The summed E-state index contributed by atoms with van der Waals surface area (Å²) in [5.74, 6) is -3.51. The first-order chi connectivity index (χ1) is 13.0. The molecule has 0 saturated carbocycles. The molecule has 148 valence electrons. The lowest BCUT2D eigenvalue weighted by atomic mass is 9.76. The van der Waals surface area contributed by atoms with E-state index >= 15 is 0 Å². The van der Waals surface area contributed by atoms with E-state index < -0.39 is 46.7 Å². The fraction of sp³-hybridized carbons (Fsp3) is 0.474. The van der Waals surface area contributed by atoms with Crippen LogP contribution in [0, 0.1) is 11.8 Å². The maximum absolute atomic E-state index is 13.4. The van der Waals surface area contributed by atoms with E-state index in [4.69, 9.17) is 17.3 Å². The minimum atomic E-state index is -1.35. The maximum atomic E-state index is 13.4. The van der Waals surface area contributed by atoms with Crippen LogP contribution in [0.15, 0.2) is 18.2 Å². The van der Waals surface area contributed by atoms with Crippen LogP contribution < -0.4 is 16.4 Å². The molecule has 4 atom stereocenters. The molecule has 3 heterocycles. The van der Waals surface area contributed by atoms with Crippen LogP contribution in [0.2, 0.25) is 5.02 Å². The number of carbonyl (C=O) groups is 4. The number of amides is 4. The van der Waals surface area contributed by atoms with Crippen LogP contribution in [0.4, 0.5) is 5.69 Å². The summed E-state index contributed by atoms with van der Waals surface area (Å²) < 4.78 is 0. The summed E-state index contributed by atoms with van der Waals surface area (Å²) in [5.41, 5.74) is 4.31. The first-order valence-electron chi connectivity index (χ1n) is 9.13. The number of anilines is 1. The summed E-state index contributed by atoms with van der Waals surface area (Å²) in [6, 6.07) is 4.48. The number of quaternary nitrogens is 1. The van der Waals surface area contributed by atoms with Gasteiger partial charge in [-0.1, -0.05) is 17.7 Å². The number of hydrogen-bond donors (Lipinski definition) is 3. The van der Waals surface area contributed by atoms with Crippen molar-refractivity contribution < 1.29 is 24.5 Å². The molecule has 3 aliphatic rings. The molecule has 4 amide bonds. The molecule has 28 heavy (non-hydrogen) atoms. The molecule has 9 heteroatoms. The largest absolute Gasteiger partial charge is 0.369 e. The van der Waals surface area contributed by atoms with Crippen molar-refractivity contribution in [1.29, 1.82) is 0 Å². The SMILES string of the molecule is CC(C)(C)N1C(=O)[C@@H]2[C@H](CC(N)=O)[NH2+][C@]3(C(=O)Nc4c(Cl)cccc43)[C@@H]2C1=O. The average molecular weight is 406 g/mol. The van der Waals surface area contributed by atoms with Crippen molar-refractivity contribution in [3.63, 3.8) is 0 Å². The van der Waals surface area contributed by atoms with Gasteiger partial charge in [-0.05, 0) is 32.9 Å². The summed E-state index contributed by atoms with van der Waals surface area (Å²) in [6.07, 6.45) is -0.108. The third-order valence-electron chi connectivity index (χ3n) is 5.96. The van der Waals surface area contributed by atoms with Crippen molar-refractivity contribution in [2.45, 2.75) is 44.3 Å². The van der Waals surface area contributed by atoms with E-state index in [1.807, 2.05) is 0 Å². The minimum absolute atomic E-state index is 0.108. The normalized spacial score (nSPS) is 31.4. The zero-order valence-electron chi connectivity index (χ0n) is 15.8. The van der Waals surface area contributed by atoms with Gasteiger partial charge in [0.2, 0.25) is 23.3 Å². The summed E-state index contributed by atoms with van der Waals surface area (Å²) >= 11 is 6.26. The van der Waals surface area contributed by atoms with Crippen LogP contribution >= 0.6 is 11.6 Å². The Hall–Kier alpha value is -2.45. The van der Waals surface area contributed by atoms with Crippen LogP contribution in [0.3, 0.4) is 0 Å². The third kappa shape index (κ3) is 2.28. The number of fused-ring (bicyclic) bond motifs is 4. The van der Waals surface area contributed by atoms with Crippen molar-refractivity contribution in [2.24, 2.45) is 17.6 Å². The number of rotatable bonds is 2. The van der Waals surface area contributed by atoms with Gasteiger partial charge in [0.15, 0.2) is 0 Å². The van der Waals surface area contributed by atoms with Gasteiger partial charge in [-0.15, -0.1) is 0 Å². The van der Waals surface area contributed by atoms with Crippen LogP contribution in [0.5, 0.6) is 0 Å². The van der Waals surface area contributed by atoms with Gasteiger partial charge in [-0.25, -0.2) is 0 Å². The Balaban J connectivity index is 1.93. The molecule has 4 rings (SSSR count). The van der Waals surface area contributed by atoms with Gasteiger partial charge in [-0.3, -0.25) is 24.1 Å². The van der Waals surface area contributed by atoms with Gasteiger partial charge in [0, 0.05) is 11.1 Å². The van der Waals surface area contributed by atoms with E-state index in [-0.39, 0.29) is 12.3 Å². The summed E-state index contributed by atoms with van der Waals surface area (Å²) in [7, 11) is 0. The van der Waals surface area contributed by atoms with Crippen molar-refractivity contribution in [3.05, 3.63) is 28.8 Å². The number of halogens is 1. The molecule has 3 aliphatic heterocycles. The molecule has 1 aromatic carbocycles. The zero-order chi connectivity index (χ0) is 20.6. The minimum Gasteiger partial charge on any atom is -0.369 e. The highest BCUT2D eigenvalue weighted by Gasteiger charge is 2.75. The molecule has 2 fully saturated rings. The Morgan fingerprint density at radius 2 is 1.96 bits per heavy atom. The van der Waals surface area contributed by atoms with E-state index in [9.17, 15) is 19.2 Å². The molecule has 5 N–H and O–H groups in total. The van der Waals surface area contributed by atoms with Gasteiger partial charge in [0.25, 0.3) is 5.91 Å². The van der Waals surface area contributed by atoms with Crippen molar-refractivity contribution in [3.8, 4) is 0 Å². The van der Waals surface area contributed by atoms with Gasteiger partial charge >= 0.3 is 0 Å². The maximum Gasteiger partial charge on any atom is 0.291 e. The number of likely N-dealkylation sites (tertiary alicyclic amines) is 1. The number of hydrogen-bond acceptors (Lipinski definition) is 4. The molecule has 1 spiro atoms. The Morgan fingerprint density at radius 1 is 1.29 bits per heavy atom. The van der Waals surface area contributed by atoms with Gasteiger partial charge < -0.3 is 16.4 Å². The van der Waals surface area contributed by atoms with Gasteiger partial charge in [-0.2, -0.15) is 0 Å². The molecule has 0 bridgehead atoms. The Kier molecular flexibility index (Phi) is 3.90. The fourth-order valence-corrected chi connectivity index (χ4v) is 5.26. The number of imide groups is 1. The lowest BCUT2D eigenvalue weighted by molar-refractivity contribution is -0.732. The van der Waals surface area contributed by atoms with E-state index in [0.29, 0.717) is 16.3 Å². The molecule has 0 unspecified atom stereocenters. The smallest absolute Gasteiger partial charge is 0.291 e. The lowest BCUT2D eigenvalue weighted by Crippen LogP contribution is -2.99. The summed E-state index contributed by atoms with van der Waals surface area (Å²) in [6.45, 7) is 5.30. The van der Waals surface area contributed by atoms with Crippen LogP contribution in [-0.4, -0.2) is 40.1 Å². The molecule has 8 nitrogen and oxygen atoms in total. The number of nitrogens with one attached hydrogen (secondary N) is 1. The van der Waals surface area contributed by atoms with E-state index in [2.05, 4.69) is 5.32 Å². The predicted octanol–water partition coefficient (Wildman–Crippen LogP) is -0.292. The lowest BCUT2D eigenvalue weighted by Gasteiger charge is -2.33. The fourth-order valence-electron chi connectivity index (χ4n) is 5.04. The topological polar surface area (TPSA) is 126 Å². The monoisotopic (exact) mass is 405 g/mol. The Labute approximate surface area is 166 Å². The standard InChI is InChI=1S/C19H21ClN4O4/c1-18(2,3)24-15(26)12-10(7-11(21)25)23-19(13(12)16(24)27)8-5-4-6-9(20)14(8)22-17(19)28/h4-6,10,12-13,23H,7H2,1-3H3,(H2,21,25)(H,22,28)/p+1/t10-,12+,13-,19-/m0/s1. The number of primary amides is 1. The molecule has 0 aliphatic carbocycles. The predicted molar refractivity (Wildman–Crippen MR) is 99.9 cm³/mol. The molecule has 1 aromatic rings. The van der Waals surface area contributed by atoms with Crippen LogP contribution in [-0.2, 0) is 24.7 Å².